The summed E-state index contributed by atoms with van der Waals surface area (Å²) in [6.07, 6.45) is 3.00. The molecule has 0 aliphatic carbocycles. The second kappa shape index (κ2) is 6.34. The van der Waals surface area contributed by atoms with Crippen LogP contribution in [0.4, 0.5) is 5.95 Å². The number of aromatic nitrogens is 3. The molecule has 1 aromatic heterocycles. The number of anilines is 1. The van der Waals surface area contributed by atoms with Crippen LogP contribution in [0.5, 0.6) is 6.01 Å². The molecule has 1 fully saturated rings. The van der Waals surface area contributed by atoms with Crippen LogP contribution in [-0.2, 0) is 4.74 Å². The van der Waals surface area contributed by atoms with Gasteiger partial charge in [0.2, 0.25) is 11.2 Å². The van der Waals surface area contributed by atoms with Crippen molar-refractivity contribution in [2.45, 2.75) is 38.7 Å². The largest absolute Gasteiger partial charge is 0.463 e. The highest BCUT2D eigenvalue weighted by Gasteiger charge is 2.29. The average molecular weight is 287 g/mol. The quantitative estimate of drug-likeness (QED) is 0.865. The molecule has 6 nitrogen and oxygen atoms in total. The van der Waals surface area contributed by atoms with Crippen LogP contribution >= 0.6 is 11.6 Å². The third kappa shape index (κ3) is 4.18. The average Bonchev–Trinajstić information content (AvgIpc) is 2.81. The molecule has 19 heavy (non-hydrogen) atoms. The summed E-state index contributed by atoms with van der Waals surface area (Å²) in [4.78, 5) is 12.1. The van der Waals surface area contributed by atoms with Crippen molar-refractivity contribution >= 4 is 17.5 Å². The van der Waals surface area contributed by atoms with Gasteiger partial charge in [-0.15, -0.1) is 0 Å². The Morgan fingerprint density at radius 1 is 1.42 bits per heavy atom. The van der Waals surface area contributed by atoms with Gasteiger partial charge in [-0.25, -0.2) is 0 Å². The summed E-state index contributed by atoms with van der Waals surface area (Å²) in [6.45, 7) is 6.09. The Morgan fingerprint density at radius 2 is 2.26 bits per heavy atom. The van der Waals surface area contributed by atoms with E-state index < -0.39 is 0 Å². The van der Waals surface area contributed by atoms with Crippen LogP contribution in [0.2, 0.25) is 5.28 Å². The Balaban J connectivity index is 1.97. The summed E-state index contributed by atoms with van der Waals surface area (Å²) in [5, 5.41) is 3.26. The fourth-order valence-electron chi connectivity index (χ4n) is 1.91. The number of ether oxygens (including phenoxy) is 2. The van der Waals surface area contributed by atoms with Crippen molar-refractivity contribution in [2.24, 2.45) is 0 Å². The lowest BCUT2D eigenvalue weighted by atomic mass is 10.0. The van der Waals surface area contributed by atoms with Crippen molar-refractivity contribution < 1.29 is 9.47 Å². The first-order valence-corrected chi connectivity index (χ1v) is 6.91. The Kier molecular flexibility index (Phi) is 4.76. The molecule has 1 aromatic rings. The van der Waals surface area contributed by atoms with E-state index in [-0.39, 0.29) is 16.9 Å². The van der Waals surface area contributed by atoms with E-state index in [0.29, 0.717) is 19.1 Å². The molecule has 1 atom stereocenters. The molecular weight excluding hydrogens is 268 g/mol. The second-order valence-electron chi connectivity index (χ2n) is 4.81. The molecule has 0 radical (unpaired) electrons. The fourth-order valence-corrected chi connectivity index (χ4v) is 2.06. The van der Waals surface area contributed by atoms with Crippen molar-refractivity contribution in [1.82, 2.24) is 15.0 Å². The predicted molar refractivity (Wildman–Crippen MR) is 72.7 cm³/mol. The Hall–Kier alpha value is -1.14. The van der Waals surface area contributed by atoms with Crippen molar-refractivity contribution in [3.63, 3.8) is 0 Å². The van der Waals surface area contributed by atoms with Crippen LogP contribution in [0.25, 0.3) is 0 Å². The highest BCUT2D eigenvalue weighted by Crippen LogP contribution is 2.25. The third-order valence-electron chi connectivity index (χ3n) is 2.94. The molecule has 7 heteroatoms. The first-order valence-electron chi connectivity index (χ1n) is 6.53. The zero-order valence-electron chi connectivity index (χ0n) is 11.3. The summed E-state index contributed by atoms with van der Waals surface area (Å²) < 4.78 is 11.0. The van der Waals surface area contributed by atoms with Gasteiger partial charge in [0.1, 0.15) is 0 Å². The molecule has 2 heterocycles. The van der Waals surface area contributed by atoms with E-state index in [1.165, 1.54) is 0 Å². The molecule has 1 aliphatic rings. The van der Waals surface area contributed by atoms with Gasteiger partial charge in [-0.05, 0) is 37.8 Å². The molecule has 0 bridgehead atoms. The summed E-state index contributed by atoms with van der Waals surface area (Å²) in [5.74, 6) is 0.419. The lowest BCUT2D eigenvalue weighted by molar-refractivity contribution is 0.0314. The Morgan fingerprint density at radius 3 is 2.95 bits per heavy atom. The number of rotatable bonds is 6. The molecule has 0 aromatic carbocycles. The van der Waals surface area contributed by atoms with Crippen LogP contribution in [0.1, 0.15) is 33.1 Å². The molecular formula is C12H19ClN4O2. The molecule has 1 N–H and O–H groups in total. The molecule has 106 valence electrons. The summed E-state index contributed by atoms with van der Waals surface area (Å²) >= 11 is 5.85. The summed E-state index contributed by atoms with van der Waals surface area (Å²) in [7, 11) is 0. The number of nitrogens with one attached hydrogen (secondary N) is 1. The SMILES string of the molecule is CCCOc1nc(Cl)nc(NCC2(C)CCCO2)n1. The first kappa shape index (κ1) is 14.3. The van der Waals surface area contributed by atoms with Gasteiger partial charge in [0.05, 0.1) is 12.2 Å². The van der Waals surface area contributed by atoms with E-state index in [1.54, 1.807) is 0 Å². The predicted octanol–water partition coefficient (Wildman–Crippen LogP) is 2.29. The summed E-state index contributed by atoms with van der Waals surface area (Å²) in [6, 6.07) is 0.252. The van der Waals surface area contributed by atoms with E-state index in [1.807, 2.05) is 6.92 Å². The van der Waals surface area contributed by atoms with Gasteiger partial charge in [0.25, 0.3) is 0 Å². The maximum Gasteiger partial charge on any atom is 0.322 e. The zero-order chi connectivity index (χ0) is 13.7. The van der Waals surface area contributed by atoms with E-state index in [4.69, 9.17) is 21.1 Å². The van der Waals surface area contributed by atoms with E-state index in [9.17, 15) is 0 Å². The van der Waals surface area contributed by atoms with E-state index in [2.05, 4.69) is 27.2 Å². The standard InChI is InChI=1S/C12H19ClN4O2/c1-3-6-18-11-16-9(13)15-10(17-11)14-8-12(2)5-4-7-19-12/h3-8H2,1-2H3,(H,14,15,16,17). The first-order chi connectivity index (χ1) is 9.11. The van der Waals surface area contributed by atoms with Crippen LogP contribution < -0.4 is 10.1 Å². The topological polar surface area (TPSA) is 69.2 Å². The van der Waals surface area contributed by atoms with Crippen molar-refractivity contribution in [1.29, 1.82) is 0 Å². The Bertz CT molecular complexity index is 424. The second-order valence-corrected chi connectivity index (χ2v) is 5.15. The lowest BCUT2D eigenvalue weighted by Crippen LogP contribution is -2.33. The van der Waals surface area contributed by atoms with Crippen molar-refractivity contribution in [3.8, 4) is 6.01 Å². The van der Waals surface area contributed by atoms with Gasteiger partial charge in [-0.1, -0.05) is 6.92 Å². The van der Waals surface area contributed by atoms with Gasteiger partial charge < -0.3 is 14.8 Å². The molecule has 1 aliphatic heterocycles. The maximum absolute atomic E-state index is 5.85. The lowest BCUT2D eigenvalue weighted by Gasteiger charge is -2.23. The monoisotopic (exact) mass is 286 g/mol. The van der Waals surface area contributed by atoms with Gasteiger partial charge in [-0.3, -0.25) is 0 Å². The maximum atomic E-state index is 5.85. The van der Waals surface area contributed by atoms with Gasteiger partial charge >= 0.3 is 6.01 Å². The number of halogens is 1. The van der Waals surface area contributed by atoms with E-state index >= 15 is 0 Å². The third-order valence-corrected chi connectivity index (χ3v) is 3.11. The van der Waals surface area contributed by atoms with Crippen LogP contribution in [0.15, 0.2) is 0 Å². The zero-order valence-corrected chi connectivity index (χ0v) is 12.0. The normalized spacial score (nSPS) is 22.5. The minimum absolute atomic E-state index is 0.126. The van der Waals surface area contributed by atoms with Crippen LogP contribution in [-0.4, -0.2) is 40.3 Å². The van der Waals surface area contributed by atoms with Gasteiger partial charge in [0, 0.05) is 13.2 Å². The number of hydrogen-bond donors (Lipinski definition) is 1. The molecule has 1 saturated heterocycles. The fraction of sp³-hybridized carbons (Fsp3) is 0.750. The molecule has 0 amide bonds. The molecule has 2 rings (SSSR count). The Labute approximate surface area is 117 Å². The molecule has 0 spiro atoms. The minimum Gasteiger partial charge on any atom is -0.463 e. The highest BCUT2D eigenvalue weighted by molar-refractivity contribution is 6.28. The van der Waals surface area contributed by atoms with E-state index in [0.717, 1.165) is 25.9 Å². The number of nitrogens with zero attached hydrogens (tertiary/aromatic N) is 3. The minimum atomic E-state index is -0.163. The highest BCUT2D eigenvalue weighted by atomic mass is 35.5. The van der Waals surface area contributed by atoms with Crippen molar-refractivity contribution in [3.05, 3.63) is 5.28 Å². The molecule has 0 saturated carbocycles. The van der Waals surface area contributed by atoms with Crippen molar-refractivity contribution in [2.75, 3.05) is 25.1 Å². The summed E-state index contributed by atoms with van der Waals surface area (Å²) in [5.41, 5.74) is -0.163. The van der Waals surface area contributed by atoms with Crippen LogP contribution in [0, 0.1) is 0 Å². The van der Waals surface area contributed by atoms with Gasteiger partial charge in [-0.2, -0.15) is 15.0 Å². The molecule has 1 unspecified atom stereocenters. The smallest absolute Gasteiger partial charge is 0.322 e. The van der Waals surface area contributed by atoms with Crippen LogP contribution in [0.3, 0.4) is 0 Å². The number of hydrogen-bond acceptors (Lipinski definition) is 6. The van der Waals surface area contributed by atoms with Gasteiger partial charge in [0.15, 0.2) is 0 Å².